The maximum atomic E-state index is 11.8. The summed E-state index contributed by atoms with van der Waals surface area (Å²) in [6, 6.07) is 3.16. The first-order chi connectivity index (χ1) is 9.88. The Labute approximate surface area is 131 Å². The molecule has 3 rings (SSSR count). The number of fused-ring (bicyclic) bond motifs is 2. The van der Waals surface area contributed by atoms with Gasteiger partial charge in [-0.25, -0.2) is 4.79 Å². The van der Waals surface area contributed by atoms with Crippen LogP contribution < -0.4 is 0 Å². The molecule has 6 heteroatoms. The van der Waals surface area contributed by atoms with Gasteiger partial charge in [0.2, 0.25) is 0 Å². The van der Waals surface area contributed by atoms with E-state index in [0.29, 0.717) is 32.9 Å². The molecule has 0 aliphatic carbocycles. The van der Waals surface area contributed by atoms with Crippen LogP contribution >= 0.6 is 23.2 Å². The third kappa shape index (κ3) is 2.37. The topological polar surface area (TPSA) is 59.4 Å². The number of nitrogens with zero attached hydrogens (tertiary/aromatic N) is 1. The zero-order valence-electron chi connectivity index (χ0n) is 11.5. The number of aromatic nitrogens is 1. The highest BCUT2D eigenvalue weighted by Gasteiger charge is 2.30. The van der Waals surface area contributed by atoms with Gasteiger partial charge < -0.3 is 9.84 Å². The van der Waals surface area contributed by atoms with Crippen LogP contribution in [0, 0.1) is 0 Å². The van der Waals surface area contributed by atoms with Gasteiger partial charge in [0.1, 0.15) is 0 Å². The Balaban J connectivity index is 2.45. The molecule has 0 amide bonds. The minimum absolute atomic E-state index is 0.00910. The Bertz CT molecular complexity index is 760. The molecule has 4 nitrogen and oxygen atoms in total. The number of pyridine rings is 1. The van der Waals surface area contributed by atoms with Crippen molar-refractivity contribution in [1.82, 2.24) is 4.98 Å². The van der Waals surface area contributed by atoms with Gasteiger partial charge in [-0.15, -0.1) is 0 Å². The minimum atomic E-state index is -1.03. The van der Waals surface area contributed by atoms with Crippen molar-refractivity contribution in [2.75, 3.05) is 0 Å². The molecule has 2 atom stereocenters. The van der Waals surface area contributed by atoms with Crippen LogP contribution in [-0.4, -0.2) is 22.2 Å². The lowest BCUT2D eigenvalue weighted by Gasteiger charge is -2.29. The van der Waals surface area contributed by atoms with Gasteiger partial charge in [-0.2, -0.15) is 0 Å². The first-order valence-corrected chi connectivity index (χ1v) is 7.34. The third-order valence-electron chi connectivity index (χ3n) is 3.66. The van der Waals surface area contributed by atoms with Crippen molar-refractivity contribution < 1.29 is 14.6 Å². The summed E-state index contributed by atoms with van der Waals surface area (Å²) >= 11 is 12.2. The van der Waals surface area contributed by atoms with Crippen LogP contribution in [0.4, 0.5) is 0 Å². The van der Waals surface area contributed by atoms with Gasteiger partial charge in [0.25, 0.3) is 0 Å². The molecule has 21 heavy (non-hydrogen) atoms. The van der Waals surface area contributed by atoms with E-state index in [4.69, 9.17) is 27.9 Å². The predicted octanol–water partition coefficient (Wildman–Crippen LogP) is 4.26. The summed E-state index contributed by atoms with van der Waals surface area (Å²) < 4.78 is 5.74. The minimum Gasteiger partial charge on any atom is -0.478 e. The molecule has 0 fully saturated rings. The fraction of sp³-hybridized carbons (Fsp3) is 0.333. The molecule has 1 aromatic heterocycles. The van der Waals surface area contributed by atoms with E-state index in [2.05, 4.69) is 4.98 Å². The van der Waals surface area contributed by atoms with Crippen molar-refractivity contribution >= 4 is 40.1 Å². The van der Waals surface area contributed by atoms with Crippen molar-refractivity contribution in [3.63, 3.8) is 0 Å². The molecule has 0 saturated heterocycles. The fourth-order valence-electron chi connectivity index (χ4n) is 2.92. The molecule has 1 aromatic carbocycles. The smallest absolute Gasteiger partial charge is 0.336 e. The Hall–Kier alpha value is -1.36. The second-order valence-corrected chi connectivity index (χ2v) is 6.07. The lowest BCUT2D eigenvalue weighted by atomic mass is 9.92. The van der Waals surface area contributed by atoms with Gasteiger partial charge in [-0.3, -0.25) is 4.98 Å². The summed E-state index contributed by atoms with van der Waals surface area (Å²) in [5.41, 5.74) is 2.00. The summed E-state index contributed by atoms with van der Waals surface area (Å²) in [5.74, 6) is -1.03. The summed E-state index contributed by atoms with van der Waals surface area (Å²) in [4.78, 5) is 16.3. The molecule has 0 bridgehead atoms. The Morgan fingerprint density at radius 2 is 2.10 bits per heavy atom. The zero-order valence-corrected chi connectivity index (χ0v) is 13.0. The summed E-state index contributed by atoms with van der Waals surface area (Å²) in [6.07, 6.45) is 0.226. The van der Waals surface area contributed by atoms with Gasteiger partial charge in [-0.1, -0.05) is 23.2 Å². The normalized spacial score (nSPS) is 21.3. The SMILES string of the molecule is CC1Cc2nc3c(Cl)cc(Cl)cc3c(C(=O)O)c2C(C)O1. The van der Waals surface area contributed by atoms with Gasteiger partial charge in [0, 0.05) is 22.4 Å². The van der Waals surface area contributed by atoms with E-state index in [1.54, 1.807) is 12.1 Å². The highest BCUT2D eigenvalue weighted by molar-refractivity contribution is 6.38. The molecular weight excluding hydrogens is 313 g/mol. The maximum Gasteiger partial charge on any atom is 0.336 e. The zero-order chi connectivity index (χ0) is 15.3. The van der Waals surface area contributed by atoms with Crippen LogP contribution in [0.5, 0.6) is 0 Å². The molecule has 2 aromatic rings. The van der Waals surface area contributed by atoms with Crippen LogP contribution in [0.1, 0.15) is 41.6 Å². The highest BCUT2D eigenvalue weighted by Crippen LogP contribution is 2.38. The van der Waals surface area contributed by atoms with Gasteiger partial charge in [0.15, 0.2) is 0 Å². The largest absolute Gasteiger partial charge is 0.478 e. The van der Waals surface area contributed by atoms with Crippen molar-refractivity contribution in [3.05, 3.63) is 39.0 Å². The quantitative estimate of drug-likeness (QED) is 0.850. The number of rotatable bonds is 1. The monoisotopic (exact) mass is 325 g/mol. The second-order valence-electron chi connectivity index (χ2n) is 5.23. The average molecular weight is 326 g/mol. The molecule has 0 radical (unpaired) electrons. The first kappa shape index (κ1) is 14.6. The van der Waals surface area contributed by atoms with Crippen molar-refractivity contribution in [3.8, 4) is 0 Å². The number of halogens is 2. The van der Waals surface area contributed by atoms with Crippen LogP contribution in [0.15, 0.2) is 12.1 Å². The fourth-order valence-corrected chi connectivity index (χ4v) is 3.45. The van der Waals surface area contributed by atoms with Gasteiger partial charge in [-0.05, 0) is 26.0 Å². The molecule has 1 N–H and O–H groups in total. The van der Waals surface area contributed by atoms with Crippen LogP contribution in [0.2, 0.25) is 10.0 Å². The van der Waals surface area contributed by atoms with Crippen LogP contribution in [-0.2, 0) is 11.2 Å². The molecule has 2 heterocycles. The van der Waals surface area contributed by atoms with Crippen LogP contribution in [0.3, 0.4) is 0 Å². The van der Waals surface area contributed by atoms with Crippen molar-refractivity contribution in [2.45, 2.75) is 32.5 Å². The van der Waals surface area contributed by atoms with E-state index in [0.717, 1.165) is 5.69 Å². The van der Waals surface area contributed by atoms with E-state index in [1.165, 1.54) is 0 Å². The predicted molar refractivity (Wildman–Crippen MR) is 81.4 cm³/mol. The second kappa shape index (κ2) is 5.13. The average Bonchev–Trinajstić information content (AvgIpc) is 2.36. The lowest BCUT2D eigenvalue weighted by Crippen LogP contribution is -2.26. The summed E-state index contributed by atoms with van der Waals surface area (Å²) in [5, 5.41) is 10.8. The maximum absolute atomic E-state index is 11.8. The number of hydrogen-bond donors (Lipinski definition) is 1. The first-order valence-electron chi connectivity index (χ1n) is 6.58. The molecule has 1 aliphatic heterocycles. The number of aromatic carboxylic acids is 1. The molecule has 0 saturated carbocycles. The van der Waals surface area contributed by atoms with E-state index >= 15 is 0 Å². The number of benzene rings is 1. The Morgan fingerprint density at radius 3 is 2.76 bits per heavy atom. The molecule has 2 unspecified atom stereocenters. The summed E-state index contributed by atoms with van der Waals surface area (Å²) in [7, 11) is 0. The number of carboxylic acid groups (broad SMARTS) is 1. The highest BCUT2D eigenvalue weighted by atomic mass is 35.5. The molecule has 0 spiro atoms. The molecular formula is C15H13Cl2NO3. The standard InChI is InChI=1S/C15H13Cl2NO3/c1-6-3-11-12(7(2)21-6)13(15(19)20)9-4-8(16)5-10(17)14(9)18-11/h4-7H,3H2,1-2H3,(H,19,20). The molecule has 110 valence electrons. The van der Waals surface area contributed by atoms with E-state index in [-0.39, 0.29) is 17.8 Å². The van der Waals surface area contributed by atoms with Gasteiger partial charge in [0.05, 0.1) is 34.0 Å². The lowest BCUT2D eigenvalue weighted by molar-refractivity contribution is -0.00661. The van der Waals surface area contributed by atoms with E-state index in [1.807, 2.05) is 13.8 Å². The molecule has 1 aliphatic rings. The number of ether oxygens (including phenoxy) is 1. The van der Waals surface area contributed by atoms with Crippen molar-refractivity contribution in [2.24, 2.45) is 0 Å². The number of hydrogen-bond acceptors (Lipinski definition) is 3. The van der Waals surface area contributed by atoms with E-state index < -0.39 is 5.97 Å². The van der Waals surface area contributed by atoms with Crippen molar-refractivity contribution in [1.29, 1.82) is 0 Å². The van der Waals surface area contributed by atoms with E-state index in [9.17, 15) is 9.90 Å². The number of carbonyl (C=O) groups is 1. The summed E-state index contributed by atoms with van der Waals surface area (Å²) in [6.45, 7) is 3.77. The Morgan fingerprint density at radius 1 is 1.38 bits per heavy atom. The van der Waals surface area contributed by atoms with Gasteiger partial charge >= 0.3 is 5.97 Å². The van der Waals surface area contributed by atoms with Crippen LogP contribution in [0.25, 0.3) is 10.9 Å². The Kier molecular flexibility index (Phi) is 3.56. The number of carboxylic acids is 1. The third-order valence-corrected chi connectivity index (χ3v) is 4.17.